The zero-order valence-corrected chi connectivity index (χ0v) is 25.7. The number of nitrogens with one attached hydrogen (secondary N) is 1. The fourth-order valence-corrected chi connectivity index (χ4v) is 7.38. The number of aromatic nitrogens is 4. The normalized spacial score (nSPS) is 23.4. The highest BCUT2D eigenvalue weighted by atomic mass is 19.4. The van der Waals surface area contributed by atoms with Crippen molar-refractivity contribution in [3.63, 3.8) is 0 Å². The Morgan fingerprint density at radius 3 is 2.64 bits per heavy atom. The Bertz CT molecular complexity index is 1640. The molecule has 1 saturated heterocycles. The van der Waals surface area contributed by atoms with E-state index in [2.05, 4.69) is 49.3 Å². The van der Waals surface area contributed by atoms with Crippen LogP contribution in [0.1, 0.15) is 78.0 Å². The second-order valence-electron chi connectivity index (χ2n) is 12.9. The zero-order valence-electron chi connectivity index (χ0n) is 25.7. The molecule has 6 rings (SSSR count). The van der Waals surface area contributed by atoms with E-state index >= 15 is 0 Å². The monoisotopic (exact) mass is 622 g/mol. The molecule has 3 aromatic rings. The molecule has 1 atom stereocenters. The summed E-state index contributed by atoms with van der Waals surface area (Å²) in [6, 6.07) is 6.52. The maximum absolute atomic E-state index is 14.5. The van der Waals surface area contributed by atoms with Gasteiger partial charge in [-0.15, -0.1) is 10.2 Å². The summed E-state index contributed by atoms with van der Waals surface area (Å²) < 4.78 is 45.3. The molecule has 2 aliphatic heterocycles. The number of nitrogens with zero attached hydrogens (tertiary/aromatic N) is 9. The van der Waals surface area contributed by atoms with Crippen molar-refractivity contribution in [2.24, 2.45) is 24.0 Å². The summed E-state index contributed by atoms with van der Waals surface area (Å²) in [6.45, 7) is 6.51. The average Bonchev–Trinajstić information content (AvgIpc) is 3.55. The van der Waals surface area contributed by atoms with Gasteiger partial charge in [-0.1, -0.05) is 19.0 Å². The summed E-state index contributed by atoms with van der Waals surface area (Å²) in [5, 5.41) is 15.2. The lowest BCUT2D eigenvalue weighted by atomic mass is 9.58. The maximum Gasteiger partial charge on any atom is 0.416 e. The Labute approximate surface area is 259 Å². The highest BCUT2D eigenvalue weighted by Crippen LogP contribution is 2.52. The van der Waals surface area contributed by atoms with Crippen molar-refractivity contribution in [3.05, 3.63) is 74.7 Å². The first-order chi connectivity index (χ1) is 21.5. The van der Waals surface area contributed by atoms with Gasteiger partial charge in [-0.2, -0.15) is 13.2 Å². The Morgan fingerprint density at radius 1 is 1.18 bits per heavy atom. The first-order valence-corrected chi connectivity index (χ1v) is 15.4. The molecule has 14 heteroatoms. The van der Waals surface area contributed by atoms with Gasteiger partial charge in [0.25, 0.3) is 5.91 Å². The van der Waals surface area contributed by atoms with Crippen LogP contribution in [0.4, 0.5) is 24.8 Å². The van der Waals surface area contributed by atoms with Crippen molar-refractivity contribution >= 4 is 17.5 Å². The predicted molar refractivity (Wildman–Crippen MR) is 163 cm³/mol. The molecule has 2 fully saturated rings. The molecule has 0 spiro atoms. The molecule has 2 aromatic heterocycles. The Balaban J connectivity index is 1.39. The molecule has 45 heavy (non-hydrogen) atoms. The van der Waals surface area contributed by atoms with E-state index in [0.29, 0.717) is 29.8 Å². The minimum absolute atomic E-state index is 0.0337. The van der Waals surface area contributed by atoms with Crippen molar-refractivity contribution in [2.45, 2.75) is 64.2 Å². The van der Waals surface area contributed by atoms with E-state index in [1.165, 1.54) is 11.0 Å². The lowest BCUT2D eigenvalue weighted by molar-refractivity contribution is -0.138. The number of pyridine rings is 1. The lowest BCUT2D eigenvalue weighted by Crippen LogP contribution is -2.43. The van der Waals surface area contributed by atoms with Crippen molar-refractivity contribution in [1.82, 2.24) is 24.6 Å². The van der Waals surface area contributed by atoms with Gasteiger partial charge in [0, 0.05) is 43.7 Å². The quantitative estimate of drug-likeness (QED) is 0.134. The molecule has 1 N–H and O–H groups in total. The first-order valence-electron chi connectivity index (χ1n) is 15.4. The molecule has 1 aliphatic carbocycles. The number of hydrogen-bond donors (Lipinski definition) is 1. The fraction of sp³-hybridized carbons (Fsp3) is 0.548. The van der Waals surface area contributed by atoms with Gasteiger partial charge in [0.05, 0.1) is 17.5 Å². The van der Waals surface area contributed by atoms with Gasteiger partial charge in [-0.25, -0.2) is 4.98 Å². The van der Waals surface area contributed by atoms with Gasteiger partial charge in [-0.3, -0.25) is 14.6 Å². The number of halogens is 3. The molecular weight excluding hydrogens is 585 g/mol. The fourth-order valence-electron chi connectivity index (χ4n) is 7.38. The van der Waals surface area contributed by atoms with E-state index < -0.39 is 23.1 Å². The standard InChI is InChI=1S/C31H37F3N10O/c1-19-5-4-8-43(15-19)16-21-9-23-24(25(10-21)31(32,33)34)17-44(28(23)45)27-12-22(11-26(39-27)36-6-7-37-41-35)30(13-20(2)14-30)29-40-38-18-42(29)3/h9-12,18-20H,4-8,13-17H2,1-3H3,(H,36,39)/t19-,20?,30?/m0/s1. The van der Waals surface area contributed by atoms with Crippen LogP contribution < -0.4 is 10.2 Å². The highest BCUT2D eigenvalue weighted by molar-refractivity contribution is 6.10. The third-order valence-corrected chi connectivity index (χ3v) is 9.31. The number of benzene rings is 1. The molecule has 0 unspecified atom stereocenters. The number of aryl methyl sites for hydroxylation is 1. The molecular formula is C31H37F3N10O. The number of rotatable bonds is 9. The minimum Gasteiger partial charge on any atom is -0.370 e. The van der Waals surface area contributed by atoms with Crippen LogP contribution in [0.3, 0.4) is 0 Å². The molecule has 3 aliphatic rings. The molecule has 1 aromatic carbocycles. The molecule has 0 radical (unpaired) electrons. The summed E-state index contributed by atoms with van der Waals surface area (Å²) in [5.41, 5.74) is 8.76. The number of amides is 1. The number of carbonyl (C=O) groups is 1. The molecule has 11 nitrogen and oxygen atoms in total. The van der Waals surface area contributed by atoms with Crippen LogP contribution in [-0.4, -0.2) is 56.7 Å². The predicted octanol–water partition coefficient (Wildman–Crippen LogP) is 6.06. The van der Waals surface area contributed by atoms with Gasteiger partial charge in [0.2, 0.25) is 0 Å². The van der Waals surface area contributed by atoms with Crippen LogP contribution in [0.5, 0.6) is 0 Å². The Kier molecular flexibility index (Phi) is 8.21. The maximum atomic E-state index is 14.5. The number of anilines is 2. The van der Waals surface area contributed by atoms with Gasteiger partial charge in [-0.05, 0) is 90.6 Å². The summed E-state index contributed by atoms with van der Waals surface area (Å²) in [4.78, 5) is 24.9. The molecule has 4 heterocycles. The number of hydrogen-bond acceptors (Lipinski definition) is 7. The van der Waals surface area contributed by atoms with Gasteiger partial charge in [0.1, 0.15) is 23.8 Å². The van der Waals surface area contributed by atoms with Crippen LogP contribution in [0.25, 0.3) is 10.4 Å². The summed E-state index contributed by atoms with van der Waals surface area (Å²) in [7, 11) is 1.88. The molecule has 0 bridgehead atoms. The van der Waals surface area contributed by atoms with Crippen LogP contribution in [0.2, 0.25) is 0 Å². The van der Waals surface area contributed by atoms with E-state index in [9.17, 15) is 18.0 Å². The summed E-state index contributed by atoms with van der Waals surface area (Å²) in [6.07, 6.45) is 0.695. The van der Waals surface area contributed by atoms with E-state index in [0.717, 1.165) is 50.2 Å². The smallest absolute Gasteiger partial charge is 0.370 e. The number of fused-ring (bicyclic) bond motifs is 1. The van der Waals surface area contributed by atoms with E-state index in [-0.39, 0.29) is 36.6 Å². The average molecular weight is 623 g/mol. The number of alkyl halides is 3. The summed E-state index contributed by atoms with van der Waals surface area (Å²) in [5.74, 6) is 1.82. The van der Waals surface area contributed by atoms with Crippen molar-refractivity contribution < 1.29 is 18.0 Å². The zero-order chi connectivity index (χ0) is 31.9. The summed E-state index contributed by atoms with van der Waals surface area (Å²) >= 11 is 0. The van der Waals surface area contributed by atoms with Crippen LogP contribution >= 0.6 is 0 Å². The number of piperidine rings is 1. The van der Waals surface area contributed by atoms with Crippen molar-refractivity contribution in [3.8, 4) is 0 Å². The lowest BCUT2D eigenvalue weighted by Gasteiger charge is -2.46. The second kappa shape index (κ2) is 12.0. The third kappa shape index (κ3) is 5.96. The van der Waals surface area contributed by atoms with Crippen LogP contribution in [-0.2, 0) is 31.7 Å². The number of azide groups is 1. The SMILES string of the molecule is CC1CC(c2cc(NCCN=[N+]=[N-])nc(N3Cc4c(cc(CN5CCC[C@H](C)C5)cc4C(F)(F)F)C3=O)c2)(c2nncn2C)C1. The molecule has 1 saturated carbocycles. The van der Waals surface area contributed by atoms with Crippen molar-refractivity contribution in [1.29, 1.82) is 0 Å². The second-order valence-corrected chi connectivity index (χ2v) is 12.9. The highest BCUT2D eigenvalue weighted by Gasteiger charge is 2.49. The molecule has 1 amide bonds. The Hall–Kier alpha value is -4.16. The van der Waals surface area contributed by atoms with Gasteiger partial charge in [0.15, 0.2) is 0 Å². The topological polar surface area (TPSA) is 128 Å². The first kappa shape index (κ1) is 30.8. The molecule has 238 valence electrons. The van der Waals surface area contributed by atoms with E-state index in [1.54, 1.807) is 18.5 Å². The van der Waals surface area contributed by atoms with Crippen molar-refractivity contribution in [2.75, 3.05) is 36.4 Å². The van der Waals surface area contributed by atoms with E-state index in [1.807, 2.05) is 17.7 Å². The van der Waals surface area contributed by atoms with Crippen LogP contribution in [0, 0.1) is 11.8 Å². The number of likely N-dealkylation sites (tertiary alicyclic amines) is 1. The minimum atomic E-state index is -4.62. The number of carbonyl (C=O) groups excluding carboxylic acids is 1. The van der Waals surface area contributed by atoms with Crippen LogP contribution in [0.15, 0.2) is 35.7 Å². The van der Waals surface area contributed by atoms with Gasteiger partial charge < -0.3 is 9.88 Å². The Morgan fingerprint density at radius 2 is 1.98 bits per heavy atom. The third-order valence-electron chi connectivity index (χ3n) is 9.31. The largest absolute Gasteiger partial charge is 0.416 e. The van der Waals surface area contributed by atoms with Gasteiger partial charge >= 0.3 is 6.18 Å². The van der Waals surface area contributed by atoms with E-state index in [4.69, 9.17) is 5.53 Å².